The number of halogens is 4. The van der Waals surface area contributed by atoms with Gasteiger partial charge in [0, 0.05) is 7.05 Å². The monoisotopic (exact) mass is 679 g/mol. The van der Waals surface area contributed by atoms with Crippen molar-refractivity contribution >= 4 is 81.2 Å². The lowest BCUT2D eigenvalue weighted by Crippen LogP contribution is -2.48. The van der Waals surface area contributed by atoms with E-state index in [2.05, 4.69) is 63.7 Å². The molecule has 6 nitrogen and oxygen atoms in total. The van der Waals surface area contributed by atoms with Gasteiger partial charge in [0.05, 0.1) is 28.7 Å². The van der Waals surface area contributed by atoms with Gasteiger partial charge in [-0.15, -0.1) is 0 Å². The number of anilines is 1. The molecule has 0 spiro atoms. The number of aromatic nitrogens is 2. The Morgan fingerprint density at radius 1 is 0.935 bits per heavy atom. The van der Waals surface area contributed by atoms with E-state index in [9.17, 15) is 14.4 Å². The van der Waals surface area contributed by atoms with Gasteiger partial charge in [0.1, 0.15) is 5.69 Å². The molecule has 2 amide bonds. The first kappa shape index (κ1) is 23.4. The number of carbonyl (C=O) groups excluding carboxylic acids is 2. The van der Waals surface area contributed by atoms with E-state index in [0.717, 1.165) is 4.90 Å². The maximum absolute atomic E-state index is 13.8. The highest BCUT2D eigenvalue weighted by molar-refractivity contribution is 9.26. The number of rotatable bonds is 4. The summed E-state index contributed by atoms with van der Waals surface area (Å²) in [5, 5.41) is 0. The molecule has 0 aliphatic heterocycles. The number of hydrogen-bond donors (Lipinski definition) is 0. The predicted molar refractivity (Wildman–Crippen MR) is 135 cm³/mol. The van der Waals surface area contributed by atoms with Gasteiger partial charge in [0.15, 0.2) is 0 Å². The van der Waals surface area contributed by atoms with Gasteiger partial charge in [-0.05, 0) is 45.7 Å². The Balaban J connectivity index is 1.91. The second-order valence-corrected chi connectivity index (χ2v) is 16.3. The molecule has 2 atom stereocenters. The molecule has 0 N–H and O–H groups in total. The van der Waals surface area contributed by atoms with Crippen LogP contribution in [-0.4, -0.2) is 27.6 Å². The van der Waals surface area contributed by atoms with E-state index in [-0.39, 0.29) is 5.69 Å². The van der Waals surface area contributed by atoms with Crippen LogP contribution in [0.2, 0.25) is 0 Å². The SMILES string of the molecule is Cc1c(N(C(=O)[C@]2(C)CC2(Br)Br)C(=O)[C@@]2(C)CC2(Br)Br)c(=O)n(-c2ccccc2)n1C. The second kappa shape index (κ2) is 7.14. The summed E-state index contributed by atoms with van der Waals surface area (Å²) in [5.41, 5.74) is -0.845. The molecule has 0 saturated heterocycles. The largest absolute Gasteiger partial charge is 0.296 e. The van der Waals surface area contributed by atoms with Crippen molar-refractivity contribution in [2.45, 2.75) is 40.1 Å². The van der Waals surface area contributed by atoms with Crippen LogP contribution >= 0.6 is 63.7 Å². The Morgan fingerprint density at radius 2 is 1.35 bits per heavy atom. The van der Waals surface area contributed by atoms with Crippen molar-refractivity contribution in [2.75, 3.05) is 4.90 Å². The van der Waals surface area contributed by atoms with Gasteiger partial charge in [0.2, 0.25) is 11.8 Å². The van der Waals surface area contributed by atoms with Gasteiger partial charge in [-0.25, -0.2) is 9.58 Å². The van der Waals surface area contributed by atoms with Crippen LogP contribution < -0.4 is 10.5 Å². The predicted octanol–water partition coefficient (Wildman–Crippen LogP) is 5.14. The molecule has 2 fully saturated rings. The first-order valence-corrected chi connectivity index (χ1v) is 12.9. The zero-order valence-corrected chi connectivity index (χ0v) is 23.7. The molecule has 10 heteroatoms. The van der Waals surface area contributed by atoms with Crippen LogP contribution in [0.15, 0.2) is 35.1 Å². The maximum Gasteiger partial charge on any atom is 0.296 e. The minimum absolute atomic E-state index is 0.0919. The van der Waals surface area contributed by atoms with Crippen LogP contribution in [0.5, 0.6) is 0 Å². The van der Waals surface area contributed by atoms with Crippen molar-refractivity contribution in [3.63, 3.8) is 0 Å². The fourth-order valence-corrected chi connectivity index (χ4v) is 6.79. The fourth-order valence-electron chi connectivity index (χ4n) is 3.86. The summed E-state index contributed by atoms with van der Waals surface area (Å²) in [5.74, 6) is -0.803. The molecule has 1 aromatic carbocycles. The van der Waals surface area contributed by atoms with Crippen LogP contribution in [0.4, 0.5) is 5.69 Å². The van der Waals surface area contributed by atoms with E-state index in [1.165, 1.54) is 4.68 Å². The van der Waals surface area contributed by atoms with Gasteiger partial charge in [-0.2, -0.15) is 0 Å². The summed E-state index contributed by atoms with van der Waals surface area (Å²) in [6.07, 6.45) is 1.01. The number of nitrogens with zero attached hydrogens (tertiary/aromatic N) is 3. The minimum atomic E-state index is -0.860. The van der Waals surface area contributed by atoms with Crippen molar-refractivity contribution < 1.29 is 9.59 Å². The normalized spacial score (nSPS) is 27.6. The molecule has 2 aliphatic rings. The Labute approximate surface area is 213 Å². The number of carbonyl (C=O) groups is 2. The standard InChI is InChI=1S/C21H21Br4N3O3/c1-12-14(15(29)28(26(12)4)13-8-6-5-7-9-13)27(16(30)18(2)10-20(18,22)23)17(31)19(3)11-21(19,24)25/h5-9H,10-11H2,1-4H3/t18-,19+. The molecule has 166 valence electrons. The molecule has 31 heavy (non-hydrogen) atoms. The van der Waals surface area contributed by atoms with Crippen LogP contribution in [0.1, 0.15) is 32.4 Å². The van der Waals surface area contributed by atoms with E-state index in [1.807, 2.05) is 30.3 Å². The number of hydrogen-bond acceptors (Lipinski definition) is 3. The lowest BCUT2D eigenvalue weighted by molar-refractivity contribution is -0.131. The highest BCUT2D eigenvalue weighted by Crippen LogP contribution is 2.69. The van der Waals surface area contributed by atoms with E-state index in [1.54, 1.807) is 32.5 Å². The summed E-state index contributed by atoms with van der Waals surface area (Å²) in [6, 6.07) is 9.16. The highest BCUT2D eigenvalue weighted by Gasteiger charge is 2.72. The molecular weight excluding hydrogens is 662 g/mol. The third kappa shape index (κ3) is 3.30. The molecule has 2 aromatic rings. The lowest BCUT2D eigenvalue weighted by Gasteiger charge is -2.27. The molecule has 0 radical (unpaired) electrons. The molecular formula is C21H21Br4N3O3. The zero-order valence-electron chi connectivity index (χ0n) is 17.4. The zero-order chi connectivity index (χ0) is 23.1. The van der Waals surface area contributed by atoms with E-state index >= 15 is 0 Å². The molecule has 0 unspecified atom stereocenters. The summed E-state index contributed by atoms with van der Waals surface area (Å²) in [7, 11) is 1.75. The van der Waals surface area contributed by atoms with E-state index < -0.39 is 34.7 Å². The van der Waals surface area contributed by atoms with Crippen LogP contribution in [-0.2, 0) is 16.6 Å². The lowest BCUT2D eigenvalue weighted by atomic mass is 10.0. The molecule has 2 saturated carbocycles. The Hall–Kier alpha value is -0.710. The Kier molecular flexibility index (Phi) is 5.40. The molecule has 0 bridgehead atoms. The smallest absolute Gasteiger partial charge is 0.283 e. The third-order valence-electron chi connectivity index (χ3n) is 6.61. The summed E-state index contributed by atoms with van der Waals surface area (Å²) in [6.45, 7) is 5.33. The summed E-state index contributed by atoms with van der Waals surface area (Å²) in [4.78, 5) is 42.3. The molecule has 1 heterocycles. The van der Waals surface area contributed by atoms with Crippen molar-refractivity contribution in [3.8, 4) is 5.69 Å². The Bertz CT molecular complexity index is 1130. The van der Waals surface area contributed by atoms with Gasteiger partial charge in [-0.3, -0.25) is 19.1 Å². The third-order valence-corrected chi connectivity index (χ3v) is 11.2. The van der Waals surface area contributed by atoms with E-state index in [4.69, 9.17) is 0 Å². The second-order valence-electron chi connectivity index (χ2n) is 8.78. The first-order chi connectivity index (χ1) is 14.2. The quantitative estimate of drug-likeness (QED) is 0.332. The van der Waals surface area contributed by atoms with Crippen molar-refractivity contribution in [2.24, 2.45) is 17.9 Å². The summed E-state index contributed by atoms with van der Waals surface area (Å²) >= 11 is 14.1. The van der Waals surface area contributed by atoms with Gasteiger partial charge >= 0.3 is 0 Å². The van der Waals surface area contributed by atoms with E-state index in [0.29, 0.717) is 24.2 Å². The number of para-hydroxylation sites is 1. The van der Waals surface area contributed by atoms with Gasteiger partial charge < -0.3 is 0 Å². The topological polar surface area (TPSA) is 64.3 Å². The number of benzene rings is 1. The average molecular weight is 683 g/mol. The minimum Gasteiger partial charge on any atom is -0.283 e. The van der Waals surface area contributed by atoms with Crippen LogP contribution in [0.25, 0.3) is 5.69 Å². The molecule has 4 rings (SSSR count). The molecule has 1 aromatic heterocycles. The van der Waals surface area contributed by atoms with Gasteiger partial charge in [-0.1, -0.05) is 81.9 Å². The first-order valence-electron chi connectivity index (χ1n) is 9.68. The summed E-state index contributed by atoms with van der Waals surface area (Å²) < 4.78 is 1.95. The number of imide groups is 1. The van der Waals surface area contributed by atoms with Crippen molar-refractivity contribution in [3.05, 3.63) is 46.4 Å². The highest BCUT2D eigenvalue weighted by atomic mass is 79.9. The maximum atomic E-state index is 13.8. The fraction of sp³-hybridized carbons (Fsp3) is 0.476. The van der Waals surface area contributed by atoms with Gasteiger partial charge in [0.25, 0.3) is 5.56 Å². The van der Waals surface area contributed by atoms with Crippen LogP contribution in [0.3, 0.4) is 0 Å². The molecule has 2 aliphatic carbocycles. The number of amides is 2. The van der Waals surface area contributed by atoms with Crippen LogP contribution in [0, 0.1) is 17.8 Å². The Morgan fingerprint density at radius 3 is 1.74 bits per heavy atom. The van der Waals surface area contributed by atoms with Crippen molar-refractivity contribution in [1.82, 2.24) is 9.36 Å². The average Bonchev–Trinajstić information content (AvgIpc) is 3.40. The number of alkyl halides is 4. The van der Waals surface area contributed by atoms with Crippen molar-refractivity contribution in [1.29, 1.82) is 0 Å².